The quantitative estimate of drug-likeness (QED) is 0.358. The van der Waals surface area contributed by atoms with Crippen LogP contribution in [0.4, 0.5) is 0 Å². The first-order valence-corrected chi connectivity index (χ1v) is 12.4. The first-order valence-electron chi connectivity index (χ1n) is 9.58. The Hall–Kier alpha value is -2.95. The van der Waals surface area contributed by atoms with Crippen molar-refractivity contribution in [2.75, 3.05) is 0 Å². The molecule has 0 unspecified atom stereocenters. The van der Waals surface area contributed by atoms with Crippen molar-refractivity contribution in [3.8, 4) is 0 Å². The Bertz CT molecular complexity index is 1250. The fraction of sp³-hybridized carbons (Fsp3) is 0.0909. The Balaban J connectivity index is 1.27. The molecule has 4 heterocycles. The molecule has 1 amide bonds. The Morgan fingerprint density at radius 1 is 1.06 bits per heavy atom. The number of rotatable bonds is 6. The Morgan fingerprint density at radius 3 is 2.75 bits per heavy atom. The second-order valence-corrected chi connectivity index (χ2v) is 9.84. The summed E-state index contributed by atoms with van der Waals surface area (Å²) < 4.78 is 11.9. The highest BCUT2D eigenvalue weighted by atomic mass is 32.2. The highest BCUT2D eigenvalue weighted by Crippen LogP contribution is 2.34. The van der Waals surface area contributed by atoms with Crippen LogP contribution in [0.25, 0.3) is 6.08 Å². The van der Waals surface area contributed by atoms with E-state index >= 15 is 0 Å². The SMILES string of the molecule is N=C1/C(=C/c2ccc(SCc3ccco3)o2)C(=O)N=C2SC(SCc3ccccc3)=NN12. The molecule has 0 bridgehead atoms. The lowest BCUT2D eigenvalue weighted by atomic mass is 10.1. The minimum Gasteiger partial charge on any atom is -0.468 e. The summed E-state index contributed by atoms with van der Waals surface area (Å²) >= 11 is 4.34. The minimum absolute atomic E-state index is 0.0102. The van der Waals surface area contributed by atoms with E-state index in [0.717, 1.165) is 15.9 Å². The summed E-state index contributed by atoms with van der Waals surface area (Å²) in [6.07, 6.45) is 3.17. The summed E-state index contributed by atoms with van der Waals surface area (Å²) in [6.45, 7) is 0. The zero-order valence-electron chi connectivity index (χ0n) is 16.6. The van der Waals surface area contributed by atoms with E-state index in [0.29, 0.717) is 21.8 Å². The van der Waals surface area contributed by atoms with E-state index in [1.165, 1.54) is 40.2 Å². The van der Waals surface area contributed by atoms with Crippen molar-refractivity contribution in [1.29, 1.82) is 5.41 Å². The third-order valence-corrected chi connectivity index (χ3v) is 7.51. The molecule has 0 saturated heterocycles. The van der Waals surface area contributed by atoms with Gasteiger partial charge in [0.25, 0.3) is 5.91 Å². The summed E-state index contributed by atoms with van der Waals surface area (Å²) in [5, 5.41) is 15.5. The molecular formula is C22H16N4O3S3. The number of hydrogen-bond acceptors (Lipinski definition) is 8. The topological polar surface area (TPSA) is 95.2 Å². The van der Waals surface area contributed by atoms with E-state index in [4.69, 9.17) is 14.2 Å². The van der Waals surface area contributed by atoms with Crippen molar-refractivity contribution >= 4 is 62.6 Å². The van der Waals surface area contributed by atoms with Crippen LogP contribution in [-0.2, 0) is 16.3 Å². The molecule has 0 radical (unpaired) electrons. The second kappa shape index (κ2) is 9.27. The molecule has 32 heavy (non-hydrogen) atoms. The number of amides is 1. The van der Waals surface area contributed by atoms with Gasteiger partial charge in [0.15, 0.2) is 15.3 Å². The van der Waals surface area contributed by atoms with Crippen molar-refractivity contribution in [2.45, 2.75) is 16.6 Å². The summed E-state index contributed by atoms with van der Waals surface area (Å²) in [5.41, 5.74) is 1.32. The fourth-order valence-corrected chi connectivity index (χ4v) is 5.57. The molecule has 5 rings (SSSR count). The number of hydrogen-bond donors (Lipinski definition) is 1. The Labute approximate surface area is 196 Å². The summed E-state index contributed by atoms with van der Waals surface area (Å²) in [6, 6.07) is 17.4. The van der Waals surface area contributed by atoms with Crippen LogP contribution < -0.4 is 0 Å². The van der Waals surface area contributed by atoms with Gasteiger partial charge >= 0.3 is 0 Å². The summed E-state index contributed by atoms with van der Waals surface area (Å²) in [7, 11) is 0. The maximum atomic E-state index is 12.6. The molecular weight excluding hydrogens is 464 g/mol. The molecule has 2 aliphatic rings. The molecule has 2 aliphatic heterocycles. The third-order valence-electron chi connectivity index (χ3n) is 4.47. The first-order chi connectivity index (χ1) is 15.7. The number of carbonyl (C=O) groups is 1. The number of benzene rings is 1. The van der Waals surface area contributed by atoms with Crippen LogP contribution in [0.2, 0.25) is 0 Å². The summed E-state index contributed by atoms with van der Waals surface area (Å²) in [5.74, 6) is 2.24. The Kier molecular flexibility index (Phi) is 6.06. The molecule has 1 aromatic carbocycles. The summed E-state index contributed by atoms with van der Waals surface area (Å²) in [4.78, 5) is 16.7. The molecule has 10 heteroatoms. The van der Waals surface area contributed by atoms with E-state index in [1.807, 2.05) is 36.4 Å². The highest BCUT2D eigenvalue weighted by Gasteiger charge is 2.36. The predicted molar refractivity (Wildman–Crippen MR) is 130 cm³/mol. The molecule has 0 saturated carbocycles. The van der Waals surface area contributed by atoms with Crippen molar-refractivity contribution in [2.24, 2.45) is 10.1 Å². The number of fused-ring (bicyclic) bond motifs is 1. The number of furan rings is 2. The van der Waals surface area contributed by atoms with E-state index in [2.05, 4.69) is 22.2 Å². The smallest absolute Gasteiger partial charge is 0.283 e. The Morgan fingerprint density at radius 2 is 1.94 bits per heavy atom. The standard InChI is InChI=1S/C22H16N4O3S3/c23-19-17(11-15-8-9-18(29-15)30-13-16-7-4-10-28-16)20(27)24-21-26(19)25-22(32-21)31-12-14-5-2-1-3-6-14/h1-11,23H,12-13H2/b17-11-,23-19?. The maximum absolute atomic E-state index is 12.6. The number of aliphatic imine (C=N–C) groups is 1. The fourth-order valence-electron chi connectivity index (χ4n) is 2.92. The molecule has 3 aromatic rings. The van der Waals surface area contributed by atoms with Gasteiger partial charge in [-0.1, -0.05) is 53.9 Å². The van der Waals surface area contributed by atoms with Gasteiger partial charge in [0, 0.05) is 5.75 Å². The number of thioether (sulfide) groups is 3. The van der Waals surface area contributed by atoms with Gasteiger partial charge in [0.2, 0.25) is 5.17 Å². The molecule has 1 N–H and O–H groups in total. The van der Waals surface area contributed by atoms with E-state index < -0.39 is 5.91 Å². The van der Waals surface area contributed by atoms with E-state index in [-0.39, 0.29) is 11.4 Å². The second-order valence-electron chi connectivity index (χ2n) is 6.69. The van der Waals surface area contributed by atoms with Crippen molar-refractivity contribution in [3.05, 3.63) is 83.5 Å². The van der Waals surface area contributed by atoms with Crippen molar-refractivity contribution in [1.82, 2.24) is 5.01 Å². The van der Waals surface area contributed by atoms with Gasteiger partial charge in [0.1, 0.15) is 11.5 Å². The molecule has 7 nitrogen and oxygen atoms in total. The number of hydrazone groups is 1. The van der Waals surface area contributed by atoms with Gasteiger partial charge in [0.05, 0.1) is 17.6 Å². The highest BCUT2D eigenvalue weighted by molar-refractivity contribution is 8.45. The van der Waals surface area contributed by atoms with Gasteiger partial charge < -0.3 is 8.83 Å². The number of nitrogens with one attached hydrogen (secondary N) is 1. The minimum atomic E-state index is -0.473. The lowest BCUT2D eigenvalue weighted by Gasteiger charge is -2.19. The molecule has 0 aliphatic carbocycles. The predicted octanol–water partition coefficient (Wildman–Crippen LogP) is 5.67. The third kappa shape index (κ3) is 4.62. The van der Waals surface area contributed by atoms with Crippen LogP contribution in [0.3, 0.4) is 0 Å². The lowest BCUT2D eigenvalue weighted by Crippen LogP contribution is -2.35. The van der Waals surface area contributed by atoms with Gasteiger partial charge in [-0.05, 0) is 47.7 Å². The maximum Gasteiger partial charge on any atom is 0.283 e. The first kappa shape index (κ1) is 20.9. The molecule has 0 fully saturated rings. The zero-order chi connectivity index (χ0) is 21.9. The van der Waals surface area contributed by atoms with Gasteiger partial charge in [-0.2, -0.15) is 10.0 Å². The van der Waals surface area contributed by atoms with Crippen LogP contribution in [0.15, 0.2) is 90.5 Å². The molecule has 2 aromatic heterocycles. The van der Waals surface area contributed by atoms with Gasteiger partial charge in [-0.25, -0.2) is 0 Å². The van der Waals surface area contributed by atoms with Gasteiger partial charge in [-0.15, -0.1) is 5.10 Å². The van der Waals surface area contributed by atoms with Crippen molar-refractivity contribution < 1.29 is 13.6 Å². The number of nitrogens with zero attached hydrogens (tertiary/aromatic N) is 3. The van der Waals surface area contributed by atoms with Crippen LogP contribution in [-0.4, -0.2) is 26.3 Å². The largest absolute Gasteiger partial charge is 0.468 e. The van der Waals surface area contributed by atoms with Crippen molar-refractivity contribution in [3.63, 3.8) is 0 Å². The van der Waals surface area contributed by atoms with Crippen LogP contribution >= 0.6 is 35.3 Å². The average molecular weight is 481 g/mol. The molecule has 160 valence electrons. The number of carbonyl (C=O) groups excluding carboxylic acids is 1. The average Bonchev–Trinajstić information content (AvgIpc) is 3.55. The monoisotopic (exact) mass is 480 g/mol. The molecule has 0 atom stereocenters. The van der Waals surface area contributed by atoms with Gasteiger partial charge in [-0.3, -0.25) is 10.2 Å². The van der Waals surface area contributed by atoms with Crippen LogP contribution in [0.1, 0.15) is 17.1 Å². The van der Waals surface area contributed by atoms with Crippen LogP contribution in [0, 0.1) is 5.41 Å². The van der Waals surface area contributed by atoms with Crippen LogP contribution in [0.5, 0.6) is 0 Å². The zero-order valence-corrected chi connectivity index (χ0v) is 19.0. The normalized spacial score (nSPS) is 17.0. The molecule has 0 spiro atoms. The van der Waals surface area contributed by atoms with E-state index in [9.17, 15) is 4.79 Å². The number of amidine groups is 2. The van der Waals surface area contributed by atoms with E-state index in [1.54, 1.807) is 24.1 Å². The lowest BCUT2D eigenvalue weighted by molar-refractivity contribution is -0.114.